The topological polar surface area (TPSA) is 93.7 Å². The first-order chi connectivity index (χ1) is 22.0. The summed E-state index contributed by atoms with van der Waals surface area (Å²) in [4.78, 5) is 33.0. The van der Waals surface area contributed by atoms with Crippen LogP contribution in [0.15, 0.2) is 118 Å². The minimum Gasteiger partial charge on any atom is -0.489 e. The summed E-state index contributed by atoms with van der Waals surface area (Å²) >= 11 is 7.46. The van der Waals surface area contributed by atoms with E-state index in [1.54, 1.807) is 35.8 Å². The Bertz CT molecular complexity index is 2150. The monoisotopic (exact) mass is 631 g/mol. The molecule has 0 saturated carbocycles. The molecule has 9 heteroatoms. The molecular formula is C36H26ClN3O4S. The van der Waals surface area contributed by atoms with Gasteiger partial charge in [-0.05, 0) is 54.5 Å². The Hall–Kier alpha value is -5.23. The van der Waals surface area contributed by atoms with Crippen LogP contribution in [0.5, 0.6) is 5.75 Å². The fourth-order valence-electron chi connectivity index (χ4n) is 5.16. The van der Waals surface area contributed by atoms with Crippen molar-refractivity contribution in [3.8, 4) is 11.8 Å². The number of rotatable bonds is 8. The highest BCUT2D eigenvalue weighted by molar-refractivity contribution is 7.07. The van der Waals surface area contributed by atoms with Gasteiger partial charge >= 0.3 is 5.97 Å². The first kappa shape index (κ1) is 29.8. The van der Waals surface area contributed by atoms with Gasteiger partial charge in [-0.3, -0.25) is 9.36 Å². The van der Waals surface area contributed by atoms with Gasteiger partial charge in [0.15, 0.2) is 4.80 Å². The van der Waals surface area contributed by atoms with Crippen molar-refractivity contribution in [2.45, 2.75) is 19.6 Å². The van der Waals surface area contributed by atoms with Crippen LogP contribution < -0.4 is 19.6 Å². The molecule has 0 N–H and O–H groups in total. The van der Waals surface area contributed by atoms with Crippen LogP contribution in [0.4, 0.5) is 0 Å². The van der Waals surface area contributed by atoms with Crippen LogP contribution in [0.2, 0.25) is 5.02 Å². The van der Waals surface area contributed by atoms with Gasteiger partial charge in [0.1, 0.15) is 12.4 Å². The second-order valence-electron chi connectivity index (χ2n) is 10.1. The number of aromatic nitrogens is 1. The fourth-order valence-corrected chi connectivity index (χ4v) is 6.29. The Balaban J connectivity index is 1.47. The number of benzene rings is 4. The predicted octanol–water partition coefficient (Wildman–Crippen LogP) is 6.04. The molecule has 0 unspecified atom stereocenters. The van der Waals surface area contributed by atoms with Gasteiger partial charge in [-0.1, -0.05) is 95.7 Å². The summed E-state index contributed by atoms with van der Waals surface area (Å²) in [6.45, 7) is 2.14. The zero-order valence-electron chi connectivity index (χ0n) is 24.1. The molecular weight excluding hydrogens is 606 g/mol. The number of ether oxygens (including phenoxy) is 2. The van der Waals surface area contributed by atoms with E-state index in [0.29, 0.717) is 36.9 Å². The highest BCUT2D eigenvalue weighted by atomic mass is 35.5. The first-order valence-corrected chi connectivity index (χ1v) is 15.4. The number of thiazole rings is 1. The summed E-state index contributed by atoms with van der Waals surface area (Å²) in [5, 5.41) is 9.93. The summed E-state index contributed by atoms with van der Waals surface area (Å²) in [7, 11) is 0. The van der Waals surface area contributed by atoms with E-state index in [2.05, 4.69) is 6.07 Å². The second kappa shape index (κ2) is 13.2. The number of carbonyl (C=O) groups excluding carboxylic acids is 1. The van der Waals surface area contributed by atoms with E-state index in [1.807, 2.05) is 84.9 Å². The fraction of sp³-hybridized carbons (Fsp3) is 0.111. The van der Waals surface area contributed by atoms with Crippen LogP contribution in [-0.4, -0.2) is 17.1 Å². The zero-order chi connectivity index (χ0) is 31.3. The molecule has 7 nitrogen and oxygen atoms in total. The molecule has 6 rings (SSSR count). The standard InChI is InChI=1S/C36H26ClN3O4S/c1-2-43-35(42)31-32(24-10-4-3-5-11-24)39-36-40(33(31)25-15-17-28(37)18-16-25)34(41)30(45-36)20-23-9-8-14-29(19-23)44-22-27-13-7-6-12-26(27)21-38/h3-20,33H,2,22H2,1H3/b30-20-/t33-/m0/s1. The summed E-state index contributed by atoms with van der Waals surface area (Å²) in [6, 6.07) is 32.6. The number of carbonyl (C=O) groups is 1. The number of nitrogens with zero attached hydrogens (tertiary/aromatic N) is 3. The summed E-state index contributed by atoms with van der Waals surface area (Å²) < 4.78 is 13.5. The Morgan fingerprint density at radius 2 is 1.78 bits per heavy atom. The molecule has 0 amide bonds. The van der Waals surface area contributed by atoms with E-state index < -0.39 is 12.0 Å². The van der Waals surface area contributed by atoms with Crippen LogP contribution in [0, 0.1) is 11.3 Å². The lowest BCUT2D eigenvalue weighted by Crippen LogP contribution is -2.40. The maximum atomic E-state index is 14.1. The van der Waals surface area contributed by atoms with Gasteiger partial charge in [-0.25, -0.2) is 9.79 Å². The molecule has 1 aliphatic rings. The van der Waals surface area contributed by atoms with Crippen molar-refractivity contribution in [1.82, 2.24) is 4.57 Å². The summed E-state index contributed by atoms with van der Waals surface area (Å²) in [6.07, 6.45) is 1.79. The van der Waals surface area contributed by atoms with Gasteiger partial charge in [0.25, 0.3) is 5.56 Å². The molecule has 1 atom stereocenters. The third kappa shape index (κ3) is 6.22. The highest BCUT2D eigenvalue weighted by Crippen LogP contribution is 2.35. The highest BCUT2D eigenvalue weighted by Gasteiger charge is 2.35. The van der Waals surface area contributed by atoms with Gasteiger partial charge in [-0.15, -0.1) is 0 Å². The molecule has 0 spiro atoms. The molecule has 0 radical (unpaired) electrons. The maximum absolute atomic E-state index is 14.1. The number of nitriles is 1. The molecule has 222 valence electrons. The predicted molar refractivity (Wildman–Crippen MR) is 174 cm³/mol. The van der Waals surface area contributed by atoms with E-state index in [0.717, 1.165) is 16.7 Å². The largest absolute Gasteiger partial charge is 0.489 e. The first-order valence-electron chi connectivity index (χ1n) is 14.2. The molecule has 0 saturated heterocycles. The lowest BCUT2D eigenvalue weighted by molar-refractivity contribution is -0.138. The van der Waals surface area contributed by atoms with Crippen molar-refractivity contribution in [3.63, 3.8) is 0 Å². The van der Waals surface area contributed by atoms with Crippen molar-refractivity contribution in [2.75, 3.05) is 6.61 Å². The van der Waals surface area contributed by atoms with Crippen LogP contribution >= 0.6 is 22.9 Å². The Kier molecular flexibility index (Phi) is 8.74. The number of halogens is 1. The van der Waals surface area contributed by atoms with Gasteiger partial charge in [-0.2, -0.15) is 5.26 Å². The van der Waals surface area contributed by atoms with Crippen molar-refractivity contribution in [3.05, 3.63) is 161 Å². The minimum absolute atomic E-state index is 0.169. The number of hydrogen-bond acceptors (Lipinski definition) is 7. The molecule has 1 aromatic heterocycles. The molecule has 5 aromatic rings. The van der Waals surface area contributed by atoms with Gasteiger partial charge in [0, 0.05) is 16.1 Å². The molecule has 1 aliphatic heterocycles. The molecule has 4 aromatic carbocycles. The molecule has 0 bridgehead atoms. The van der Waals surface area contributed by atoms with E-state index in [1.165, 1.54) is 11.3 Å². The average Bonchev–Trinajstić information content (AvgIpc) is 3.38. The van der Waals surface area contributed by atoms with Crippen LogP contribution in [-0.2, 0) is 16.1 Å². The van der Waals surface area contributed by atoms with Crippen molar-refractivity contribution in [2.24, 2.45) is 4.99 Å². The number of hydrogen-bond donors (Lipinski definition) is 0. The maximum Gasteiger partial charge on any atom is 0.338 e. The van der Waals surface area contributed by atoms with Crippen molar-refractivity contribution in [1.29, 1.82) is 5.26 Å². The molecule has 2 heterocycles. The smallest absolute Gasteiger partial charge is 0.338 e. The van der Waals surface area contributed by atoms with Gasteiger partial charge in [0.2, 0.25) is 0 Å². The van der Waals surface area contributed by atoms with Gasteiger partial charge in [0.05, 0.1) is 40.1 Å². The third-order valence-electron chi connectivity index (χ3n) is 7.25. The average molecular weight is 632 g/mol. The Morgan fingerprint density at radius 3 is 2.53 bits per heavy atom. The quantitative estimate of drug-likeness (QED) is 0.195. The number of esters is 1. The van der Waals surface area contributed by atoms with Crippen molar-refractivity contribution < 1.29 is 14.3 Å². The normalized spacial score (nSPS) is 14.3. The molecule has 0 aliphatic carbocycles. The second-order valence-corrected chi connectivity index (χ2v) is 11.6. The molecule has 0 fully saturated rings. The van der Waals surface area contributed by atoms with E-state index in [9.17, 15) is 14.9 Å². The minimum atomic E-state index is -0.787. The third-order valence-corrected chi connectivity index (χ3v) is 8.48. The lowest BCUT2D eigenvalue weighted by Gasteiger charge is -2.25. The van der Waals surface area contributed by atoms with Crippen molar-refractivity contribution >= 4 is 40.7 Å². The summed E-state index contributed by atoms with van der Waals surface area (Å²) in [5.74, 6) is 0.0522. The van der Waals surface area contributed by atoms with Crippen LogP contribution in [0.1, 0.15) is 40.8 Å². The number of fused-ring (bicyclic) bond motifs is 1. The van der Waals surface area contributed by atoms with Gasteiger partial charge < -0.3 is 9.47 Å². The lowest BCUT2D eigenvalue weighted by atomic mass is 9.93. The van der Waals surface area contributed by atoms with Crippen LogP contribution in [0.3, 0.4) is 0 Å². The Morgan fingerprint density at radius 1 is 1.02 bits per heavy atom. The zero-order valence-corrected chi connectivity index (χ0v) is 25.7. The van der Waals surface area contributed by atoms with Crippen LogP contribution in [0.25, 0.3) is 11.8 Å². The van der Waals surface area contributed by atoms with E-state index >= 15 is 0 Å². The summed E-state index contributed by atoms with van der Waals surface area (Å²) in [5.41, 5.74) is 3.97. The van der Waals surface area contributed by atoms with E-state index in [-0.39, 0.29) is 24.3 Å². The molecule has 45 heavy (non-hydrogen) atoms. The SMILES string of the molecule is CCOC(=O)C1=C(c2ccccc2)N=c2s/c(=C\c3cccc(OCc4ccccc4C#N)c3)c(=O)n2[C@H]1c1ccc(Cl)cc1. The van der Waals surface area contributed by atoms with E-state index in [4.69, 9.17) is 26.1 Å². The Labute approximate surface area is 268 Å².